The number of hydrogen-bond acceptors (Lipinski definition) is 6. The first-order valence-corrected chi connectivity index (χ1v) is 22.0. The van der Waals surface area contributed by atoms with Crippen molar-refractivity contribution in [2.24, 2.45) is 57.2 Å². The molecular weight excluding hydrogens is 657 g/mol. The summed E-state index contributed by atoms with van der Waals surface area (Å²) in [7, 11) is -1.53. The number of ether oxygens (including phenoxy) is 1. The zero-order valence-corrected chi connectivity index (χ0v) is 32.9. The molecule has 1 aromatic rings. The number of nitrogens with zero attached hydrogens (tertiary/aromatic N) is 1. The second-order valence-electron chi connectivity index (χ2n) is 19.5. The summed E-state index contributed by atoms with van der Waals surface area (Å²) in [5.74, 6) is 4.09. The van der Waals surface area contributed by atoms with Crippen molar-refractivity contribution in [3.8, 4) is 0 Å². The second-order valence-corrected chi connectivity index (χ2v) is 21.8. The Bertz CT molecular complexity index is 1700. The summed E-state index contributed by atoms with van der Waals surface area (Å²) in [5.41, 5.74) is 3.85. The third kappa shape index (κ3) is 5.52. The summed E-state index contributed by atoms with van der Waals surface area (Å²) in [6, 6.07) is 8.05. The van der Waals surface area contributed by atoms with Crippen molar-refractivity contribution < 1.29 is 22.7 Å². The van der Waals surface area contributed by atoms with Crippen LogP contribution in [0.3, 0.4) is 0 Å². The van der Waals surface area contributed by atoms with E-state index in [0.717, 1.165) is 25.2 Å². The first-order chi connectivity index (χ1) is 24.1. The topological polar surface area (TPSA) is 92.8 Å². The van der Waals surface area contributed by atoms with Gasteiger partial charge in [0.25, 0.3) is 0 Å². The highest BCUT2D eigenvalue weighted by atomic mass is 32.2. The number of amides is 1. The Hall–Kier alpha value is -2.19. The molecule has 0 aromatic heterocycles. The molecule has 1 amide bonds. The Balaban J connectivity index is 1.06. The van der Waals surface area contributed by atoms with E-state index in [9.17, 15) is 18.0 Å². The number of sulfone groups is 1. The van der Waals surface area contributed by atoms with Crippen LogP contribution < -0.4 is 5.32 Å². The van der Waals surface area contributed by atoms with E-state index in [-0.39, 0.29) is 50.6 Å². The van der Waals surface area contributed by atoms with Gasteiger partial charge in [0.15, 0.2) is 9.84 Å². The Morgan fingerprint density at radius 3 is 2.22 bits per heavy atom. The van der Waals surface area contributed by atoms with Gasteiger partial charge in [-0.05, 0) is 151 Å². The molecule has 51 heavy (non-hydrogen) atoms. The van der Waals surface area contributed by atoms with Crippen molar-refractivity contribution in [3.05, 3.63) is 41.5 Å². The number of carbonyl (C=O) groups excluding carboxylic acids is 2. The quantitative estimate of drug-likeness (QED) is 0.306. The fourth-order valence-corrected chi connectivity index (χ4v) is 15.6. The van der Waals surface area contributed by atoms with Crippen LogP contribution >= 0.6 is 0 Å². The molecule has 0 spiro atoms. The van der Waals surface area contributed by atoms with E-state index in [1.807, 2.05) is 12.1 Å². The van der Waals surface area contributed by atoms with Crippen LogP contribution in [0.4, 0.5) is 0 Å². The number of carbonyl (C=O) groups is 2. The molecule has 0 bridgehead atoms. The third-order valence-corrected chi connectivity index (χ3v) is 18.7. The summed E-state index contributed by atoms with van der Waals surface area (Å²) in [4.78, 5) is 28.0. The Labute approximate surface area is 307 Å². The predicted molar refractivity (Wildman–Crippen MR) is 202 cm³/mol. The maximum absolute atomic E-state index is 13.8. The maximum Gasteiger partial charge on any atom is 0.337 e. The van der Waals surface area contributed by atoms with E-state index in [1.165, 1.54) is 69.6 Å². The molecule has 5 saturated carbocycles. The van der Waals surface area contributed by atoms with E-state index in [0.29, 0.717) is 54.8 Å². The molecule has 6 aliphatic carbocycles. The van der Waals surface area contributed by atoms with Crippen LogP contribution in [-0.2, 0) is 19.4 Å². The minimum absolute atomic E-state index is 0.0198. The Morgan fingerprint density at radius 1 is 0.843 bits per heavy atom. The van der Waals surface area contributed by atoms with Crippen molar-refractivity contribution in [2.45, 2.75) is 111 Å². The number of hydrogen-bond donors (Lipinski definition) is 1. The van der Waals surface area contributed by atoms with Gasteiger partial charge in [0.2, 0.25) is 5.91 Å². The number of methoxy groups -OCH3 is 1. The van der Waals surface area contributed by atoms with Crippen LogP contribution in [0.2, 0.25) is 0 Å². The van der Waals surface area contributed by atoms with E-state index < -0.39 is 9.84 Å². The smallest absolute Gasteiger partial charge is 0.337 e. The van der Waals surface area contributed by atoms with Crippen molar-refractivity contribution in [1.82, 2.24) is 10.2 Å². The number of fused-ring (bicyclic) bond motifs is 7. The summed E-state index contributed by atoms with van der Waals surface area (Å²) in [6.07, 6.45) is 16.0. The molecule has 1 aromatic carbocycles. The molecule has 7 nitrogen and oxygen atoms in total. The van der Waals surface area contributed by atoms with Crippen LogP contribution in [0.15, 0.2) is 30.3 Å². The van der Waals surface area contributed by atoms with Gasteiger partial charge in [0.05, 0.1) is 30.7 Å². The van der Waals surface area contributed by atoms with E-state index in [2.05, 4.69) is 63.0 Å². The van der Waals surface area contributed by atoms with Crippen LogP contribution in [0, 0.1) is 57.2 Å². The van der Waals surface area contributed by atoms with Gasteiger partial charge in [-0.15, -0.1) is 0 Å². The lowest BCUT2D eigenvalue weighted by atomic mass is 9.33. The summed E-state index contributed by atoms with van der Waals surface area (Å²) < 4.78 is 29.0. The fourth-order valence-electron chi connectivity index (χ4n) is 14.4. The third-order valence-electron chi connectivity index (χ3n) is 17.1. The largest absolute Gasteiger partial charge is 0.465 e. The predicted octanol–water partition coefficient (Wildman–Crippen LogP) is 7.56. The highest BCUT2D eigenvalue weighted by Gasteiger charge is 2.71. The molecule has 1 aliphatic heterocycles. The van der Waals surface area contributed by atoms with Crippen LogP contribution in [0.25, 0.3) is 5.57 Å². The molecule has 280 valence electrons. The molecule has 1 heterocycles. The molecule has 9 atom stereocenters. The first-order valence-electron chi connectivity index (χ1n) is 20.2. The zero-order valence-electron chi connectivity index (χ0n) is 32.1. The van der Waals surface area contributed by atoms with Gasteiger partial charge in [-0.1, -0.05) is 52.8 Å². The van der Waals surface area contributed by atoms with Gasteiger partial charge >= 0.3 is 5.97 Å². The van der Waals surface area contributed by atoms with Crippen molar-refractivity contribution >= 4 is 27.3 Å². The SMILES string of the molecule is COC(=O)c1ccc(C2=CC[C@]3(C)[C@H]4CC[C@@H]5[C@H]6[C@H](C7CC7)CC[C@]6(NC(=O)CN6CCS(=O)(=O)CC6)CC[C@@]5(C)[C@]4(C)CC[C@H]3C2(C)C)cc1. The van der Waals surface area contributed by atoms with Gasteiger partial charge < -0.3 is 10.1 Å². The van der Waals surface area contributed by atoms with Gasteiger partial charge in [0, 0.05) is 18.6 Å². The lowest BCUT2D eigenvalue weighted by molar-refractivity contribution is -0.220. The summed E-state index contributed by atoms with van der Waals surface area (Å²) in [5, 5.41) is 3.74. The zero-order chi connectivity index (χ0) is 36.2. The van der Waals surface area contributed by atoms with Crippen LogP contribution in [0.5, 0.6) is 0 Å². The monoisotopic (exact) mass is 718 g/mol. The second kappa shape index (κ2) is 12.2. The Kier molecular flexibility index (Phi) is 8.54. The van der Waals surface area contributed by atoms with E-state index in [4.69, 9.17) is 4.74 Å². The standard InChI is InChI=1S/C43H62N2O5S/c1-39(2)32(29-9-11-30(12-10-29)38(47)50-6)16-18-40(3)34(39)17-19-42(5)35(40)14-13-33-37-31(28-7-8-28)15-20-43(37,22-21-41(33,42)4)44-36(46)27-45-23-25-51(48,49)26-24-45/h9-12,16,28,31,33-35,37H,7-8,13-15,17-27H2,1-6H3,(H,44,46)/t31-,33+,34-,35+,37+,40-,41+,42+,43-/m0/s1. The number of benzene rings is 1. The molecule has 6 fully saturated rings. The Morgan fingerprint density at radius 2 is 1.55 bits per heavy atom. The van der Waals surface area contributed by atoms with Gasteiger partial charge in [0.1, 0.15) is 0 Å². The number of allylic oxidation sites excluding steroid dienone is 2. The highest BCUT2D eigenvalue weighted by molar-refractivity contribution is 7.91. The highest BCUT2D eigenvalue weighted by Crippen LogP contribution is 2.77. The molecule has 1 N–H and O–H groups in total. The molecular formula is C43H62N2O5S. The average Bonchev–Trinajstić information content (AvgIpc) is 3.86. The lowest BCUT2D eigenvalue weighted by Gasteiger charge is -2.72. The normalized spacial score (nSPS) is 42.7. The lowest BCUT2D eigenvalue weighted by Crippen LogP contribution is -2.68. The minimum atomic E-state index is -2.97. The molecule has 7 aliphatic rings. The number of esters is 1. The van der Waals surface area contributed by atoms with Gasteiger partial charge in [-0.25, -0.2) is 13.2 Å². The van der Waals surface area contributed by atoms with Crippen LogP contribution in [0.1, 0.15) is 121 Å². The fraction of sp³-hybridized carbons (Fsp3) is 0.767. The maximum atomic E-state index is 13.8. The molecule has 8 heteroatoms. The number of nitrogens with one attached hydrogen (secondary N) is 1. The average molecular weight is 719 g/mol. The minimum Gasteiger partial charge on any atom is -0.465 e. The van der Waals surface area contributed by atoms with Crippen molar-refractivity contribution in [2.75, 3.05) is 38.2 Å². The number of rotatable bonds is 6. The first kappa shape index (κ1) is 35.8. The molecule has 0 radical (unpaired) electrons. The van der Waals surface area contributed by atoms with Crippen LogP contribution in [-0.4, -0.2) is 69.0 Å². The summed E-state index contributed by atoms with van der Waals surface area (Å²) in [6.45, 7) is 14.2. The van der Waals surface area contributed by atoms with Crippen molar-refractivity contribution in [3.63, 3.8) is 0 Å². The van der Waals surface area contributed by atoms with Gasteiger partial charge in [-0.3, -0.25) is 9.69 Å². The molecule has 8 rings (SSSR count). The van der Waals surface area contributed by atoms with Gasteiger partial charge in [-0.2, -0.15) is 0 Å². The molecule has 0 unspecified atom stereocenters. The van der Waals surface area contributed by atoms with E-state index >= 15 is 0 Å². The molecule has 1 saturated heterocycles. The van der Waals surface area contributed by atoms with E-state index in [1.54, 1.807) is 0 Å². The summed E-state index contributed by atoms with van der Waals surface area (Å²) >= 11 is 0. The van der Waals surface area contributed by atoms with Crippen molar-refractivity contribution in [1.29, 1.82) is 0 Å².